The van der Waals surface area contributed by atoms with Crippen LogP contribution >= 0.6 is 0 Å². The lowest BCUT2D eigenvalue weighted by molar-refractivity contribution is -0.121. The van der Waals surface area contributed by atoms with E-state index in [2.05, 4.69) is 55.0 Å². The monoisotopic (exact) mass is 308 g/mol. The lowest BCUT2D eigenvalue weighted by Crippen LogP contribution is -2.38. The maximum Gasteiger partial charge on any atom is 0.220 e. The second-order valence-corrected chi connectivity index (χ2v) is 6.49. The fraction of sp³-hybridized carbons (Fsp3) is 0.765. The Balaban J connectivity index is 2.50. The van der Waals surface area contributed by atoms with Crippen LogP contribution in [0.5, 0.6) is 0 Å². The van der Waals surface area contributed by atoms with Crippen LogP contribution in [0.4, 0.5) is 0 Å². The van der Waals surface area contributed by atoms with Crippen LogP contribution in [0.3, 0.4) is 0 Å². The van der Waals surface area contributed by atoms with Gasteiger partial charge in [0.15, 0.2) is 0 Å². The average Bonchev–Trinajstić information content (AvgIpc) is 2.69. The first-order valence-electron chi connectivity index (χ1n) is 8.38. The minimum absolute atomic E-state index is 0.111. The van der Waals surface area contributed by atoms with E-state index >= 15 is 0 Å². The summed E-state index contributed by atoms with van der Waals surface area (Å²) in [5, 5.41) is 10.9. The maximum absolute atomic E-state index is 12.0. The molecule has 1 amide bonds. The average molecular weight is 308 g/mol. The molecule has 0 aromatic carbocycles. The summed E-state index contributed by atoms with van der Waals surface area (Å²) < 4.78 is 2.07. The Labute approximate surface area is 134 Å². The number of hydrogen-bond donors (Lipinski definition) is 2. The van der Waals surface area contributed by atoms with Gasteiger partial charge in [-0.05, 0) is 45.2 Å². The summed E-state index contributed by atoms with van der Waals surface area (Å²) in [4.78, 5) is 12.0. The number of amides is 1. The van der Waals surface area contributed by atoms with Gasteiger partial charge in [-0.3, -0.25) is 9.48 Å². The van der Waals surface area contributed by atoms with Crippen LogP contribution in [0.15, 0.2) is 0 Å². The number of aromatic nitrogens is 2. The lowest BCUT2D eigenvalue weighted by Gasteiger charge is -2.13. The van der Waals surface area contributed by atoms with Gasteiger partial charge in [-0.15, -0.1) is 0 Å². The zero-order valence-corrected chi connectivity index (χ0v) is 15.0. The molecule has 22 heavy (non-hydrogen) atoms. The zero-order chi connectivity index (χ0) is 16.7. The highest BCUT2D eigenvalue weighted by Crippen LogP contribution is 2.16. The van der Waals surface area contributed by atoms with Crippen molar-refractivity contribution in [1.82, 2.24) is 20.4 Å². The predicted octanol–water partition coefficient (Wildman–Crippen LogP) is 2.20. The summed E-state index contributed by atoms with van der Waals surface area (Å²) in [6.45, 7) is 15.2. The highest BCUT2D eigenvalue weighted by molar-refractivity contribution is 5.76. The highest BCUT2D eigenvalue weighted by atomic mass is 16.1. The number of rotatable bonds is 9. The van der Waals surface area contributed by atoms with Crippen molar-refractivity contribution >= 4 is 5.91 Å². The third-order valence-electron chi connectivity index (χ3n) is 3.83. The van der Waals surface area contributed by atoms with Crippen LogP contribution in [0.2, 0.25) is 0 Å². The molecular formula is C17H32N4O. The Bertz CT molecular complexity index is 479. The molecule has 0 aliphatic carbocycles. The molecular weight excluding hydrogens is 276 g/mol. The van der Waals surface area contributed by atoms with Crippen LogP contribution < -0.4 is 10.6 Å². The molecule has 0 bridgehead atoms. The van der Waals surface area contributed by atoms with Crippen molar-refractivity contribution in [2.75, 3.05) is 13.1 Å². The number of nitrogens with zero attached hydrogens (tertiary/aromatic N) is 2. The van der Waals surface area contributed by atoms with Gasteiger partial charge < -0.3 is 10.6 Å². The van der Waals surface area contributed by atoms with E-state index in [9.17, 15) is 4.79 Å². The molecule has 0 aliphatic rings. The normalized spacial score (nSPS) is 12.7. The fourth-order valence-corrected chi connectivity index (χ4v) is 2.63. The Hall–Kier alpha value is -1.36. The predicted molar refractivity (Wildman–Crippen MR) is 91.0 cm³/mol. The third kappa shape index (κ3) is 5.79. The number of likely N-dealkylation sites (N-methyl/N-ethyl adjacent to an activating group) is 1. The van der Waals surface area contributed by atoms with E-state index in [0.717, 1.165) is 25.2 Å². The lowest BCUT2D eigenvalue weighted by atomic mass is 10.1. The molecule has 1 aromatic heterocycles. The van der Waals surface area contributed by atoms with Gasteiger partial charge in [0.05, 0.1) is 5.69 Å². The Morgan fingerprint density at radius 3 is 2.55 bits per heavy atom. The summed E-state index contributed by atoms with van der Waals surface area (Å²) in [5.41, 5.74) is 3.46. The standard InChI is InChI=1S/C17H32N4O/c1-7-18-13(4)10-19-17(22)9-8-16-14(5)20-21(15(16)6)11-12(2)3/h12-13,18H,7-11H2,1-6H3,(H,19,22)/t13-/m1/s1. The molecule has 0 fully saturated rings. The van der Waals surface area contributed by atoms with E-state index in [0.29, 0.717) is 24.9 Å². The van der Waals surface area contributed by atoms with Crippen molar-refractivity contribution in [1.29, 1.82) is 0 Å². The van der Waals surface area contributed by atoms with Crippen molar-refractivity contribution in [2.45, 2.75) is 67.0 Å². The fourth-order valence-electron chi connectivity index (χ4n) is 2.63. The largest absolute Gasteiger partial charge is 0.355 e. The molecule has 1 atom stereocenters. The SMILES string of the molecule is CCN[C@H](C)CNC(=O)CCc1c(C)nn(CC(C)C)c1C. The smallest absolute Gasteiger partial charge is 0.220 e. The number of carbonyl (C=O) groups is 1. The Morgan fingerprint density at radius 2 is 1.95 bits per heavy atom. The quantitative estimate of drug-likeness (QED) is 0.735. The number of hydrogen-bond acceptors (Lipinski definition) is 3. The molecule has 1 rings (SSSR count). The van der Waals surface area contributed by atoms with Crippen molar-refractivity contribution in [3.63, 3.8) is 0 Å². The summed E-state index contributed by atoms with van der Waals surface area (Å²) in [6, 6.07) is 0.311. The second kappa shape index (κ2) is 8.93. The number of aryl methyl sites for hydroxylation is 1. The van der Waals surface area contributed by atoms with E-state index in [1.807, 2.05) is 6.92 Å². The van der Waals surface area contributed by atoms with Crippen LogP contribution in [0.1, 0.15) is 51.1 Å². The first-order valence-corrected chi connectivity index (χ1v) is 8.38. The highest BCUT2D eigenvalue weighted by Gasteiger charge is 2.14. The van der Waals surface area contributed by atoms with E-state index < -0.39 is 0 Å². The van der Waals surface area contributed by atoms with Gasteiger partial charge in [0, 0.05) is 31.2 Å². The van der Waals surface area contributed by atoms with Gasteiger partial charge in [-0.1, -0.05) is 20.8 Å². The molecule has 0 saturated heterocycles. The summed E-state index contributed by atoms with van der Waals surface area (Å²) in [5.74, 6) is 0.682. The van der Waals surface area contributed by atoms with Crippen molar-refractivity contribution in [3.05, 3.63) is 17.0 Å². The van der Waals surface area contributed by atoms with E-state index in [1.54, 1.807) is 0 Å². The first-order chi connectivity index (χ1) is 10.3. The number of carbonyl (C=O) groups excluding carboxylic acids is 1. The molecule has 5 heteroatoms. The topological polar surface area (TPSA) is 58.9 Å². The minimum Gasteiger partial charge on any atom is -0.355 e. The summed E-state index contributed by atoms with van der Waals surface area (Å²) in [6.07, 6.45) is 1.28. The number of nitrogens with one attached hydrogen (secondary N) is 2. The van der Waals surface area contributed by atoms with Crippen LogP contribution in [-0.2, 0) is 17.8 Å². The molecule has 1 heterocycles. The zero-order valence-electron chi connectivity index (χ0n) is 15.0. The Kier molecular flexibility index (Phi) is 7.59. The van der Waals surface area contributed by atoms with E-state index in [4.69, 9.17) is 0 Å². The van der Waals surface area contributed by atoms with Crippen LogP contribution in [-0.4, -0.2) is 34.8 Å². The van der Waals surface area contributed by atoms with Crippen molar-refractivity contribution < 1.29 is 4.79 Å². The summed E-state index contributed by atoms with van der Waals surface area (Å²) >= 11 is 0. The van der Waals surface area contributed by atoms with Crippen molar-refractivity contribution in [3.8, 4) is 0 Å². The van der Waals surface area contributed by atoms with Gasteiger partial charge in [-0.2, -0.15) is 5.10 Å². The van der Waals surface area contributed by atoms with Gasteiger partial charge in [0.1, 0.15) is 0 Å². The van der Waals surface area contributed by atoms with Gasteiger partial charge >= 0.3 is 0 Å². The third-order valence-corrected chi connectivity index (χ3v) is 3.83. The molecule has 1 aromatic rings. The first kappa shape index (κ1) is 18.7. The van der Waals surface area contributed by atoms with Gasteiger partial charge in [0.2, 0.25) is 5.91 Å². The van der Waals surface area contributed by atoms with Gasteiger partial charge in [-0.25, -0.2) is 0 Å². The molecule has 0 aliphatic heterocycles. The molecule has 2 N–H and O–H groups in total. The molecule has 126 valence electrons. The second-order valence-electron chi connectivity index (χ2n) is 6.49. The molecule has 5 nitrogen and oxygen atoms in total. The van der Waals surface area contributed by atoms with E-state index in [1.165, 1.54) is 11.3 Å². The molecule has 0 spiro atoms. The molecule has 0 saturated carbocycles. The summed E-state index contributed by atoms with van der Waals surface area (Å²) in [7, 11) is 0. The van der Waals surface area contributed by atoms with Crippen molar-refractivity contribution in [2.24, 2.45) is 5.92 Å². The van der Waals surface area contributed by atoms with Crippen LogP contribution in [0.25, 0.3) is 0 Å². The Morgan fingerprint density at radius 1 is 1.27 bits per heavy atom. The molecule has 0 radical (unpaired) electrons. The molecule has 0 unspecified atom stereocenters. The van der Waals surface area contributed by atoms with Crippen LogP contribution in [0, 0.1) is 19.8 Å². The van der Waals surface area contributed by atoms with Gasteiger partial charge in [0.25, 0.3) is 0 Å². The maximum atomic E-state index is 12.0. The van der Waals surface area contributed by atoms with E-state index in [-0.39, 0.29) is 5.91 Å². The minimum atomic E-state index is 0.111.